The highest BCUT2D eigenvalue weighted by Gasteiger charge is 2.20. The molecule has 110 valence electrons. The van der Waals surface area contributed by atoms with Crippen LogP contribution in [0.1, 0.15) is 42.3 Å². The molecule has 0 amide bonds. The summed E-state index contributed by atoms with van der Waals surface area (Å²) < 4.78 is 5.33. The number of hydrogen-bond donors (Lipinski definition) is 1. The number of morpholine rings is 1. The van der Waals surface area contributed by atoms with Crippen molar-refractivity contribution >= 4 is 6.29 Å². The number of ether oxygens (including phenoxy) is 1. The number of benzene rings is 1. The highest BCUT2D eigenvalue weighted by Crippen LogP contribution is 2.31. The number of nitrogens with zero attached hydrogens (tertiary/aromatic N) is 1. The second-order valence-corrected chi connectivity index (χ2v) is 6.33. The van der Waals surface area contributed by atoms with Crippen molar-refractivity contribution < 1.29 is 14.6 Å². The van der Waals surface area contributed by atoms with E-state index in [-0.39, 0.29) is 11.2 Å². The SMILES string of the molecule is CC(C)(C)c1cc(C=O)c(O)c(CN2CCOCC2)c1. The zero-order valence-electron chi connectivity index (χ0n) is 12.5. The first-order chi connectivity index (χ1) is 9.41. The van der Waals surface area contributed by atoms with Gasteiger partial charge in [0.25, 0.3) is 0 Å². The van der Waals surface area contributed by atoms with E-state index < -0.39 is 0 Å². The van der Waals surface area contributed by atoms with Gasteiger partial charge in [-0.05, 0) is 17.0 Å². The molecule has 0 aliphatic carbocycles. The van der Waals surface area contributed by atoms with E-state index in [0.29, 0.717) is 12.1 Å². The molecule has 1 fully saturated rings. The van der Waals surface area contributed by atoms with Crippen molar-refractivity contribution in [1.82, 2.24) is 4.90 Å². The molecular formula is C16H23NO3. The summed E-state index contributed by atoms with van der Waals surface area (Å²) in [7, 11) is 0. The molecule has 2 rings (SSSR count). The third kappa shape index (κ3) is 3.38. The number of aldehydes is 1. The summed E-state index contributed by atoms with van der Waals surface area (Å²) >= 11 is 0. The van der Waals surface area contributed by atoms with E-state index in [2.05, 4.69) is 25.7 Å². The van der Waals surface area contributed by atoms with Gasteiger partial charge in [0.1, 0.15) is 5.75 Å². The number of carbonyl (C=O) groups is 1. The summed E-state index contributed by atoms with van der Waals surface area (Å²) in [6, 6.07) is 3.79. The molecule has 20 heavy (non-hydrogen) atoms. The molecule has 0 atom stereocenters. The maximum Gasteiger partial charge on any atom is 0.153 e. The number of carbonyl (C=O) groups excluding carboxylic acids is 1. The van der Waals surface area contributed by atoms with Gasteiger partial charge in [0.15, 0.2) is 6.29 Å². The highest BCUT2D eigenvalue weighted by molar-refractivity contribution is 5.80. The minimum Gasteiger partial charge on any atom is -0.507 e. The van der Waals surface area contributed by atoms with Crippen LogP contribution in [0.5, 0.6) is 5.75 Å². The molecule has 1 saturated heterocycles. The summed E-state index contributed by atoms with van der Waals surface area (Å²) in [5, 5.41) is 10.2. The second kappa shape index (κ2) is 5.94. The van der Waals surface area contributed by atoms with Gasteiger partial charge in [0.05, 0.1) is 18.8 Å². The molecule has 0 radical (unpaired) electrons. The maximum absolute atomic E-state index is 11.2. The van der Waals surface area contributed by atoms with Crippen molar-refractivity contribution in [2.75, 3.05) is 26.3 Å². The van der Waals surface area contributed by atoms with Crippen LogP contribution in [0, 0.1) is 0 Å². The third-order valence-corrected chi connectivity index (χ3v) is 3.71. The summed E-state index contributed by atoms with van der Waals surface area (Å²) in [5.74, 6) is 0.111. The molecule has 1 aromatic carbocycles. The number of aromatic hydroxyl groups is 1. The monoisotopic (exact) mass is 277 g/mol. The number of phenolic OH excluding ortho intramolecular Hbond substituents is 1. The number of hydrogen-bond acceptors (Lipinski definition) is 4. The topological polar surface area (TPSA) is 49.8 Å². The summed E-state index contributed by atoms with van der Waals surface area (Å²) in [6.45, 7) is 10.1. The highest BCUT2D eigenvalue weighted by atomic mass is 16.5. The standard InChI is InChI=1S/C16H23NO3/c1-16(2,3)14-8-12(15(19)13(9-14)11-18)10-17-4-6-20-7-5-17/h8-9,11,19H,4-7,10H2,1-3H3. The lowest BCUT2D eigenvalue weighted by molar-refractivity contribution is 0.0338. The Kier molecular flexibility index (Phi) is 4.45. The first kappa shape index (κ1) is 15.0. The Morgan fingerprint density at radius 3 is 2.50 bits per heavy atom. The van der Waals surface area contributed by atoms with Gasteiger partial charge in [-0.2, -0.15) is 0 Å². The Balaban J connectivity index is 2.32. The summed E-state index contributed by atoms with van der Waals surface area (Å²) in [6.07, 6.45) is 0.730. The van der Waals surface area contributed by atoms with E-state index >= 15 is 0 Å². The van der Waals surface area contributed by atoms with Crippen molar-refractivity contribution in [2.24, 2.45) is 0 Å². The molecule has 0 spiro atoms. The Bertz CT molecular complexity index is 485. The lowest BCUT2D eigenvalue weighted by Gasteiger charge is -2.28. The van der Waals surface area contributed by atoms with Crippen LogP contribution in [-0.4, -0.2) is 42.6 Å². The fourth-order valence-corrected chi connectivity index (χ4v) is 2.36. The third-order valence-electron chi connectivity index (χ3n) is 3.71. The van der Waals surface area contributed by atoms with E-state index in [1.807, 2.05) is 6.07 Å². The molecule has 4 nitrogen and oxygen atoms in total. The molecule has 4 heteroatoms. The predicted octanol–water partition coefficient (Wildman–Crippen LogP) is 2.33. The maximum atomic E-state index is 11.2. The molecular weight excluding hydrogens is 254 g/mol. The van der Waals surface area contributed by atoms with Gasteiger partial charge in [-0.3, -0.25) is 9.69 Å². The predicted molar refractivity (Wildman–Crippen MR) is 78.3 cm³/mol. The lowest BCUT2D eigenvalue weighted by atomic mass is 9.84. The zero-order valence-corrected chi connectivity index (χ0v) is 12.5. The second-order valence-electron chi connectivity index (χ2n) is 6.33. The Hall–Kier alpha value is -1.39. The molecule has 1 aliphatic heterocycles. The normalized spacial score (nSPS) is 17.1. The largest absolute Gasteiger partial charge is 0.507 e. The van der Waals surface area contributed by atoms with Crippen LogP contribution < -0.4 is 0 Å². The minimum atomic E-state index is -0.0504. The van der Waals surface area contributed by atoms with E-state index in [9.17, 15) is 9.90 Å². The minimum absolute atomic E-state index is 0.0504. The fraction of sp³-hybridized carbons (Fsp3) is 0.562. The zero-order chi connectivity index (χ0) is 14.8. The molecule has 1 aliphatic rings. The molecule has 0 saturated carbocycles. The van der Waals surface area contributed by atoms with Crippen LogP contribution in [0.15, 0.2) is 12.1 Å². The van der Waals surface area contributed by atoms with E-state index in [1.165, 1.54) is 0 Å². The Labute approximate surface area is 120 Å². The molecule has 1 aromatic rings. The van der Waals surface area contributed by atoms with Crippen molar-refractivity contribution in [3.05, 3.63) is 28.8 Å². The van der Waals surface area contributed by atoms with Crippen LogP contribution in [0.3, 0.4) is 0 Å². The van der Waals surface area contributed by atoms with Crippen molar-refractivity contribution in [2.45, 2.75) is 32.7 Å². The van der Waals surface area contributed by atoms with Crippen LogP contribution in [0.2, 0.25) is 0 Å². The van der Waals surface area contributed by atoms with E-state index in [0.717, 1.165) is 43.7 Å². The van der Waals surface area contributed by atoms with Gasteiger partial charge in [-0.1, -0.05) is 26.8 Å². The summed E-state index contributed by atoms with van der Waals surface area (Å²) in [4.78, 5) is 13.4. The molecule has 0 bridgehead atoms. The van der Waals surface area contributed by atoms with Crippen molar-refractivity contribution in [3.8, 4) is 5.75 Å². The van der Waals surface area contributed by atoms with E-state index in [4.69, 9.17) is 4.74 Å². The Morgan fingerprint density at radius 2 is 1.95 bits per heavy atom. The van der Waals surface area contributed by atoms with Crippen LogP contribution in [0.25, 0.3) is 0 Å². The van der Waals surface area contributed by atoms with Gasteiger partial charge in [0, 0.05) is 25.2 Å². The first-order valence-electron chi connectivity index (χ1n) is 7.03. The van der Waals surface area contributed by atoms with Crippen molar-refractivity contribution in [3.63, 3.8) is 0 Å². The van der Waals surface area contributed by atoms with Gasteiger partial charge in [-0.25, -0.2) is 0 Å². The molecule has 1 N–H and O–H groups in total. The van der Waals surface area contributed by atoms with Crippen LogP contribution in [-0.2, 0) is 16.7 Å². The van der Waals surface area contributed by atoms with Gasteiger partial charge < -0.3 is 9.84 Å². The van der Waals surface area contributed by atoms with Gasteiger partial charge in [0.2, 0.25) is 0 Å². The average Bonchev–Trinajstić information content (AvgIpc) is 2.41. The van der Waals surface area contributed by atoms with E-state index in [1.54, 1.807) is 6.07 Å². The molecule has 0 aromatic heterocycles. The molecule has 0 unspecified atom stereocenters. The fourth-order valence-electron chi connectivity index (χ4n) is 2.36. The summed E-state index contributed by atoms with van der Waals surface area (Å²) in [5.41, 5.74) is 2.22. The lowest BCUT2D eigenvalue weighted by Crippen LogP contribution is -2.35. The van der Waals surface area contributed by atoms with Crippen molar-refractivity contribution in [1.29, 1.82) is 0 Å². The van der Waals surface area contributed by atoms with Crippen LogP contribution >= 0.6 is 0 Å². The Morgan fingerprint density at radius 1 is 1.30 bits per heavy atom. The molecule has 1 heterocycles. The smallest absolute Gasteiger partial charge is 0.153 e. The quantitative estimate of drug-likeness (QED) is 0.862. The first-order valence-corrected chi connectivity index (χ1v) is 7.03. The van der Waals surface area contributed by atoms with Crippen LogP contribution in [0.4, 0.5) is 0 Å². The number of phenols is 1. The number of rotatable bonds is 3. The van der Waals surface area contributed by atoms with Gasteiger partial charge in [-0.15, -0.1) is 0 Å². The average molecular weight is 277 g/mol. The van der Waals surface area contributed by atoms with Gasteiger partial charge >= 0.3 is 0 Å².